The summed E-state index contributed by atoms with van der Waals surface area (Å²) in [5.41, 5.74) is 0.638. The standard InChI is InChI=1S/C13H12F2O/c14-13(15,10-12-7-4-8-16-12)9-11-5-2-1-3-6-11/h1-8H,9-10H2. The van der Waals surface area contributed by atoms with E-state index in [0.717, 1.165) is 0 Å². The van der Waals surface area contributed by atoms with Crippen molar-refractivity contribution in [1.82, 2.24) is 0 Å². The first-order chi connectivity index (χ1) is 7.66. The van der Waals surface area contributed by atoms with E-state index in [0.29, 0.717) is 11.3 Å². The zero-order valence-corrected chi connectivity index (χ0v) is 8.70. The van der Waals surface area contributed by atoms with Gasteiger partial charge in [0.15, 0.2) is 0 Å². The molecule has 84 valence electrons. The molecule has 1 heterocycles. The van der Waals surface area contributed by atoms with Crippen LogP contribution >= 0.6 is 0 Å². The van der Waals surface area contributed by atoms with Crippen molar-refractivity contribution >= 4 is 0 Å². The first-order valence-corrected chi connectivity index (χ1v) is 5.10. The molecule has 2 rings (SSSR count). The van der Waals surface area contributed by atoms with Crippen molar-refractivity contribution in [3.05, 3.63) is 60.1 Å². The second kappa shape index (κ2) is 4.47. The average Bonchev–Trinajstić information content (AvgIpc) is 2.70. The summed E-state index contributed by atoms with van der Waals surface area (Å²) in [5.74, 6) is -2.44. The normalized spacial score (nSPS) is 11.6. The second-order valence-corrected chi connectivity index (χ2v) is 3.77. The third-order valence-electron chi connectivity index (χ3n) is 2.32. The number of alkyl halides is 2. The van der Waals surface area contributed by atoms with Crippen molar-refractivity contribution in [3.63, 3.8) is 0 Å². The molecule has 0 fully saturated rings. The Kier molecular flexibility index (Phi) is 3.04. The number of halogens is 2. The van der Waals surface area contributed by atoms with Gasteiger partial charge in [0.05, 0.1) is 12.7 Å². The lowest BCUT2D eigenvalue weighted by Crippen LogP contribution is -2.22. The van der Waals surface area contributed by atoms with Crippen molar-refractivity contribution < 1.29 is 13.2 Å². The van der Waals surface area contributed by atoms with Gasteiger partial charge in [-0.15, -0.1) is 0 Å². The van der Waals surface area contributed by atoms with Crippen LogP contribution in [-0.2, 0) is 12.8 Å². The Morgan fingerprint density at radius 2 is 1.69 bits per heavy atom. The predicted octanol–water partition coefficient (Wildman–Crippen LogP) is 3.70. The zero-order valence-electron chi connectivity index (χ0n) is 8.70. The fraction of sp³-hybridized carbons (Fsp3) is 0.231. The highest BCUT2D eigenvalue weighted by molar-refractivity contribution is 5.17. The summed E-state index contributed by atoms with van der Waals surface area (Å²) >= 11 is 0. The van der Waals surface area contributed by atoms with Gasteiger partial charge in [-0.05, 0) is 17.7 Å². The molecule has 1 aromatic carbocycles. The van der Waals surface area contributed by atoms with E-state index >= 15 is 0 Å². The summed E-state index contributed by atoms with van der Waals surface area (Å²) in [6.45, 7) is 0. The minimum absolute atomic E-state index is 0.255. The first kappa shape index (κ1) is 10.9. The largest absolute Gasteiger partial charge is 0.469 e. The van der Waals surface area contributed by atoms with E-state index in [1.165, 1.54) is 6.26 Å². The minimum atomic E-state index is -2.76. The molecule has 0 amide bonds. The van der Waals surface area contributed by atoms with E-state index in [-0.39, 0.29) is 12.8 Å². The van der Waals surface area contributed by atoms with Crippen molar-refractivity contribution in [2.24, 2.45) is 0 Å². The molecule has 0 radical (unpaired) electrons. The van der Waals surface area contributed by atoms with Crippen LogP contribution in [0.5, 0.6) is 0 Å². The third-order valence-corrected chi connectivity index (χ3v) is 2.32. The van der Waals surface area contributed by atoms with Gasteiger partial charge in [-0.3, -0.25) is 0 Å². The molecule has 0 aliphatic carbocycles. The van der Waals surface area contributed by atoms with Gasteiger partial charge < -0.3 is 4.42 Å². The molecule has 0 unspecified atom stereocenters. The lowest BCUT2D eigenvalue weighted by molar-refractivity contribution is -0.00248. The number of rotatable bonds is 4. The number of hydrogen-bond donors (Lipinski definition) is 0. The van der Waals surface area contributed by atoms with Gasteiger partial charge in [0, 0.05) is 6.42 Å². The molecule has 0 spiro atoms. The number of hydrogen-bond acceptors (Lipinski definition) is 1. The summed E-state index contributed by atoms with van der Waals surface area (Å²) in [7, 11) is 0. The highest BCUT2D eigenvalue weighted by Gasteiger charge is 2.30. The third kappa shape index (κ3) is 2.92. The molecule has 0 aliphatic rings. The van der Waals surface area contributed by atoms with E-state index < -0.39 is 5.92 Å². The Hall–Kier alpha value is -1.64. The number of benzene rings is 1. The summed E-state index contributed by atoms with van der Waals surface area (Å²) < 4.78 is 32.2. The van der Waals surface area contributed by atoms with E-state index in [1.54, 1.807) is 36.4 Å². The summed E-state index contributed by atoms with van der Waals surface area (Å²) in [6.07, 6.45) is 0.803. The minimum Gasteiger partial charge on any atom is -0.469 e. The molecule has 0 atom stereocenters. The fourth-order valence-electron chi connectivity index (χ4n) is 1.63. The summed E-state index contributed by atoms with van der Waals surface area (Å²) in [4.78, 5) is 0. The van der Waals surface area contributed by atoms with Crippen LogP contribution in [-0.4, -0.2) is 5.92 Å². The Morgan fingerprint density at radius 3 is 2.31 bits per heavy atom. The Morgan fingerprint density at radius 1 is 0.938 bits per heavy atom. The van der Waals surface area contributed by atoms with E-state index in [2.05, 4.69) is 0 Å². The van der Waals surface area contributed by atoms with Crippen LogP contribution in [0.4, 0.5) is 8.78 Å². The van der Waals surface area contributed by atoms with Crippen LogP contribution in [0.2, 0.25) is 0 Å². The van der Waals surface area contributed by atoms with Crippen molar-refractivity contribution in [1.29, 1.82) is 0 Å². The molecule has 1 nitrogen and oxygen atoms in total. The molecule has 2 aromatic rings. The van der Waals surface area contributed by atoms with Crippen molar-refractivity contribution in [2.45, 2.75) is 18.8 Å². The van der Waals surface area contributed by atoms with E-state index in [1.807, 2.05) is 6.07 Å². The highest BCUT2D eigenvalue weighted by Crippen LogP contribution is 2.24. The van der Waals surface area contributed by atoms with Gasteiger partial charge in [-0.1, -0.05) is 30.3 Å². The van der Waals surface area contributed by atoms with Crippen LogP contribution in [0.25, 0.3) is 0 Å². The maximum absolute atomic E-state index is 13.6. The molecular weight excluding hydrogens is 210 g/mol. The first-order valence-electron chi connectivity index (χ1n) is 5.10. The Balaban J connectivity index is 2.03. The lowest BCUT2D eigenvalue weighted by atomic mass is 10.0. The van der Waals surface area contributed by atoms with Gasteiger partial charge in [0.2, 0.25) is 0 Å². The topological polar surface area (TPSA) is 13.1 Å². The highest BCUT2D eigenvalue weighted by atomic mass is 19.3. The van der Waals surface area contributed by atoms with Gasteiger partial charge >= 0.3 is 0 Å². The molecule has 0 saturated heterocycles. The second-order valence-electron chi connectivity index (χ2n) is 3.77. The molecular formula is C13H12F2O. The summed E-state index contributed by atoms with van der Waals surface area (Å²) in [6, 6.07) is 11.9. The quantitative estimate of drug-likeness (QED) is 0.768. The van der Waals surface area contributed by atoms with Crippen LogP contribution in [0, 0.1) is 0 Å². The van der Waals surface area contributed by atoms with Crippen LogP contribution in [0.15, 0.2) is 53.1 Å². The van der Waals surface area contributed by atoms with Gasteiger partial charge in [-0.25, -0.2) is 8.78 Å². The Labute approximate surface area is 92.7 Å². The van der Waals surface area contributed by atoms with Gasteiger partial charge in [0.25, 0.3) is 5.92 Å². The average molecular weight is 222 g/mol. The molecule has 3 heteroatoms. The smallest absolute Gasteiger partial charge is 0.259 e. The summed E-state index contributed by atoms with van der Waals surface area (Å²) in [5, 5.41) is 0. The van der Waals surface area contributed by atoms with Crippen LogP contribution in [0.1, 0.15) is 11.3 Å². The van der Waals surface area contributed by atoms with Crippen molar-refractivity contribution in [3.8, 4) is 0 Å². The fourth-order valence-corrected chi connectivity index (χ4v) is 1.63. The molecule has 0 aliphatic heterocycles. The van der Waals surface area contributed by atoms with Gasteiger partial charge in [-0.2, -0.15) is 0 Å². The lowest BCUT2D eigenvalue weighted by Gasteiger charge is -2.14. The van der Waals surface area contributed by atoms with Crippen LogP contribution in [0.3, 0.4) is 0 Å². The van der Waals surface area contributed by atoms with Gasteiger partial charge in [0.1, 0.15) is 5.76 Å². The van der Waals surface area contributed by atoms with Crippen molar-refractivity contribution in [2.75, 3.05) is 0 Å². The van der Waals surface area contributed by atoms with Crippen LogP contribution < -0.4 is 0 Å². The predicted molar refractivity (Wildman–Crippen MR) is 57.5 cm³/mol. The SMILES string of the molecule is FC(F)(Cc1ccccc1)Cc1ccco1. The maximum atomic E-state index is 13.6. The van der Waals surface area contributed by atoms with E-state index in [9.17, 15) is 8.78 Å². The Bertz CT molecular complexity index is 420. The molecule has 0 bridgehead atoms. The number of furan rings is 1. The molecule has 0 saturated carbocycles. The monoisotopic (exact) mass is 222 g/mol. The zero-order chi connectivity index (χ0) is 11.4. The van der Waals surface area contributed by atoms with E-state index in [4.69, 9.17) is 4.42 Å². The molecule has 16 heavy (non-hydrogen) atoms. The molecule has 1 aromatic heterocycles. The maximum Gasteiger partial charge on any atom is 0.259 e. The molecule has 0 N–H and O–H groups in total.